The lowest BCUT2D eigenvalue weighted by molar-refractivity contribution is -0.134. The topological polar surface area (TPSA) is 46.3 Å². The van der Waals surface area contributed by atoms with Crippen LogP contribution in [0.2, 0.25) is 5.02 Å². The van der Waals surface area contributed by atoms with Gasteiger partial charge in [0.25, 0.3) is 0 Å². The van der Waals surface area contributed by atoms with Crippen molar-refractivity contribution in [3.63, 3.8) is 0 Å². The smallest absolute Gasteiger partial charge is 0.225 e. The van der Waals surface area contributed by atoms with Crippen molar-refractivity contribution >= 4 is 29.9 Å². The number of halogens is 2. The highest BCUT2D eigenvalue weighted by Crippen LogP contribution is 2.36. The minimum Gasteiger partial charge on any atom is -0.333 e. The molecule has 3 rings (SSSR count). The molecule has 0 bridgehead atoms. The van der Waals surface area contributed by atoms with Gasteiger partial charge in [0.2, 0.25) is 5.91 Å². The number of nitrogens with two attached hydrogens (primary N) is 1. The summed E-state index contributed by atoms with van der Waals surface area (Å²) in [7, 11) is 0. The minimum atomic E-state index is -0.266. The van der Waals surface area contributed by atoms with Crippen LogP contribution in [0.5, 0.6) is 0 Å². The lowest BCUT2D eigenvalue weighted by atomic mass is 10.0. The number of carbonyl (C=O) groups excluding carboxylic acids is 1. The summed E-state index contributed by atoms with van der Waals surface area (Å²) >= 11 is 5.97. The van der Waals surface area contributed by atoms with E-state index in [-0.39, 0.29) is 30.4 Å². The molecule has 0 aliphatic heterocycles. The van der Waals surface area contributed by atoms with Crippen molar-refractivity contribution in [1.29, 1.82) is 0 Å². The summed E-state index contributed by atoms with van der Waals surface area (Å²) < 4.78 is 0. The molecule has 2 atom stereocenters. The van der Waals surface area contributed by atoms with Gasteiger partial charge in [0.05, 0.1) is 6.04 Å². The molecule has 2 N–H and O–H groups in total. The maximum absolute atomic E-state index is 12.9. The molecule has 5 heteroatoms. The van der Waals surface area contributed by atoms with E-state index in [1.807, 2.05) is 59.5 Å². The maximum Gasteiger partial charge on any atom is 0.225 e. The van der Waals surface area contributed by atoms with Crippen LogP contribution in [-0.4, -0.2) is 16.8 Å². The van der Waals surface area contributed by atoms with Gasteiger partial charge in [-0.25, -0.2) is 0 Å². The third-order valence-corrected chi connectivity index (χ3v) is 4.87. The van der Waals surface area contributed by atoms with E-state index in [1.165, 1.54) is 0 Å². The number of amides is 1. The van der Waals surface area contributed by atoms with Crippen LogP contribution in [0.3, 0.4) is 0 Å². The molecule has 2 aromatic rings. The molecule has 1 saturated carbocycles. The largest absolute Gasteiger partial charge is 0.333 e. The first kappa shape index (κ1) is 19.8. The summed E-state index contributed by atoms with van der Waals surface area (Å²) in [6, 6.07) is 17.6. The number of carbonyl (C=O) groups is 1. The van der Waals surface area contributed by atoms with Crippen LogP contribution in [-0.2, 0) is 4.79 Å². The molecule has 0 aromatic heterocycles. The van der Waals surface area contributed by atoms with E-state index in [0.717, 1.165) is 24.0 Å². The molecule has 1 amide bonds. The highest BCUT2D eigenvalue weighted by molar-refractivity contribution is 6.30. The molecule has 134 valence electrons. The maximum atomic E-state index is 12.9. The van der Waals surface area contributed by atoms with Gasteiger partial charge in [0.1, 0.15) is 0 Å². The average Bonchev–Trinajstić information content (AvgIpc) is 3.41. The van der Waals surface area contributed by atoms with Crippen molar-refractivity contribution < 1.29 is 4.79 Å². The normalized spacial score (nSPS) is 15.8. The molecule has 25 heavy (non-hydrogen) atoms. The van der Waals surface area contributed by atoms with E-state index < -0.39 is 0 Å². The predicted molar refractivity (Wildman–Crippen MR) is 105 cm³/mol. The molecule has 0 radical (unpaired) electrons. The van der Waals surface area contributed by atoms with Gasteiger partial charge in [-0.05, 0) is 43.0 Å². The van der Waals surface area contributed by atoms with Crippen LogP contribution in [0, 0.1) is 0 Å². The number of rotatable bonds is 6. The van der Waals surface area contributed by atoms with Crippen LogP contribution in [0.25, 0.3) is 0 Å². The third kappa shape index (κ3) is 4.97. The SMILES string of the molecule is CC(c1ccc(Cl)cc1)N(C(=O)CC(N)c1ccccc1)C1CC1.Cl. The van der Waals surface area contributed by atoms with E-state index >= 15 is 0 Å². The summed E-state index contributed by atoms with van der Waals surface area (Å²) in [6.07, 6.45) is 2.48. The first-order valence-corrected chi connectivity index (χ1v) is 8.81. The van der Waals surface area contributed by atoms with E-state index in [2.05, 4.69) is 6.92 Å². The fraction of sp³-hybridized carbons (Fsp3) is 0.350. The lowest BCUT2D eigenvalue weighted by Crippen LogP contribution is -2.37. The molecule has 0 saturated heterocycles. The Bertz CT molecular complexity index is 687. The fourth-order valence-electron chi connectivity index (χ4n) is 3.10. The van der Waals surface area contributed by atoms with Crippen molar-refractivity contribution in [3.8, 4) is 0 Å². The summed E-state index contributed by atoms with van der Waals surface area (Å²) in [5, 5.41) is 0.710. The first-order valence-electron chi connectivity index (χ1n) is 8.43. The first-order chi connectivity index (χ1) is 11.6. The van der Waals surface area contributed by atoms with Gasteiger partial charge in [0.15, 0.2) is 0 Å². The summed E-state index contributed by atoms with van der Waals surface area (Å²) in [4.78, 5) is 14.9. The summed E-state index contributed by atoms with van der Waals surface area (Å²) in [5.41, 5.74) is 8.35. The van der Waals surface area contributed by atoms with Crippen LogP contribution in [0.1, 0.15) is 49.4 Å². The second kappa shape index (κ2) is 8.70. The Hall–Kier alpha value is -1.55. The van der Waals surface area contributed by atoms with Crippen molar-refractivity contribution in [2.45, 2.75) is 44.3 Å². The molecule has 0 heterocycles. The Morgan fingerprint density at radius 1 is 1.12 bits per heavy atom. The second-order valence-corrected chi connectivity index (χ2v) is 6.92. The fourth-order valence-corrected chi connectivity index (χ4v) is 3.23. The van der Waals surface area contributed by atoms with Gasteiger partial charge in [-0.2, -0.15) is 0 Å². The molecule has 2 aromatic carbocycles. The van der Waals surface area contributed by atoms with Gasteiger partial charge < -0.3 is 10.6 Å². The Labute approximate surface area is 160 Å². The summed E-state index contributed by atoms with van der Waals surface area (Å²) in [5.74, 6) is 0.122. The number of hydrogen-bond acceptors (Lipinski definition) is 2. The van der Waals surface area contributed by atoms with E-state index in [0.29, 0.717) is 17.5 Å². The molecular formula is C20H24Cl2N2O. The summed E-state index contributed by atoms with van der Waals surface area (Å²) in [6.45, 7) is 2.08. The third-order valence-electron chi connectivity index (χ3n) is 4.62. The van der Waals surface area contributed by atoms with Crippen LogP contribution in [0.4, 0.5) is 0 Å². The van der Waals surface area contributed by atoms with Gasteiger partial charge in [-0.1, -0.05) is 54.1 Å². The quantitative estimate of drug-likeness (QED) is 0.776. The van der Waals surface area contributed by atoms with Gasteiger partial charge >= 0.3 is 0 Å². The van der Waals surface area contributed by atoms with E-state index in [4.69, 9.17) is 17.3 Å². The van der Waals surface area contributed by atoms with Crippen LogP contribution < -0.4 is 5.73 Å². The number of nitrogens with zero attached hydrogens (tertiary/aromatic N) is 1. The second-order valence-electron chi connectivity index (χ2n) is 6.48. The highest BCUT2D eigenvalue weighted by Gasteiger charge is 2.36. The van der Waals surface area contributed by atoms with Crippen molar-refractivity contribution in [2.24, 2.45) is 5.73 Å². The molecule has 2 unspecified atom stereocenters. The predicted octanol–water partition coefficient (Wildman–Crippen LogP) is 4.90. The highest BCUT2D eigenvalue weighted by atomic mass is 35.5. The molecule has 3 nitrogen and oxygen atoms in total. The zero-order valence-corrected chi connectivity index (χ0v) is 15.8. The number of benzene rings is 2. The van der Waals surface area contributed by atoms with Crippen LogP contribution in [0.15, 0.2) is 54.6 Å². The van der Waals surface area contributed by atoms with E-state index in [9.17, 15) is 4.79 Å². The Morgan fingerprint density at radius 3 is 2.28 bits per heavy atom. The van der Waals surface area contributed by atoms with E-state index in [1.54, 1.807) is 0 Å². The Kier molecular flexibility index (Phi) is 6.88. The Balaban J connectivity index is 0.00000225. The Morgan fingerprint density at radius 2 is 1.72 bits per heavy atom. The van der Waals surface area contributed by atoms with Crippen molar-refractivity contribution in [2.75, 3.05) is 0 Å². The monoisotopic (exact) mass is 378 g/mol. The van der Waals surface area contributed by atoms with Gasteiger partial charge in [-0.3, -0.25) is 4.79 Å². The number of hydrogen-bond donors (Lipinski definition) is 1. The molecular weight excluding hydrogens is 355 g/mol. The minimum absolute atomic E-state index is 0. The zero-order valence-electron chi connectivity index (χ0n) is 14.3. The van der Waals surface area contributed by atoms with Crippen molar-refractivity contribution in [3.05, 3.63) is 70.7 Å². The zero-order chi connectivity index (χ0) is 17.1. The van der Waals surface area contributed by atoms with Gasteiger partial charge in [0, 0.05) is 23.5 Å². The molecule has 1 fully saturated rings. The van der Waals surface area contributed by atoms with Crippen LogP contribution >= 0.6 is 24.0 Å². The van der Waals surface area contributed by atoms with Gasteiger partial charge in [-0.15, -0.1) is 12.4 Å². The van der Waals surface area contributed by atoms with Crippen molar-refractivity contribution in [1.82, 2.24) is 4.90 Å². The molecule has 0 spiro atoms. The molecule has 1 aliphatic rings. The standard InChI is InChI=1S/C20H23ClN2O.ClH/c1-14(15-7-9-17(21)10-8-15)23(18-11-12-18)20(24)13-19(22)16-5-3-2-4-6-16;/h2-10,14,18-19H,11-13,22H2,1H3;1H. The lowest BCUT2D eigenvalue weighted by Gasteiger charge is -2.31. The average molecular weight is 379 g/mol. The molecule has 1 aliphatic carbocycles.